The lowest BCUT2D eigenvalue weighted by Gasteiger charge is -2.06. The summed E-state index contributed by atoms with van der Waals surface area (Å²) in [6.07, 6.45) is 3.25. The first kappa shape index (κ1) is 14.7. The SMILES string of the molecule is O=C(COC(=O)c1cn2ccccc2n1)Nc1ccccc1F. The van der Waals surface area contributed by atoms with Crippen molar-refractivity contribution in [2.24, 2.45) is 0 Å². The van der Waals surface area contributed by atoms with E-state index in [4.69, 9.17) is 4.74 Å². The maximum Gasteiger partial charge on any atom is 0.359 e. The van der Waals surface area contributed by atoms with Gasteiger partial charge in [0.25, 0.3) is 5.91 Å². The van der Waals surface area contributed by atoms with Gasteiger partial charge in [-0.2, -0.15) is 0 Å². The van der Waals surface area contributed by atoms with E-state index in [2.05, 4.69) is 10.3 Å². The summed E-state index contributed by atoms with van der Waals surface area (Å²) >= 11 is 0. The highest BCUT2D eigenvalue weighted by Crippen LogP contribution is 2.12. The lowest BCUT2D eigenvalue weighted by atomic mass is 10.3. The van der Waals surface area contributed by atoms with Gasteiger partial charge in [-0.3, -0.25) is 4.79 Å². The van der Waals surface area contributed by atoms with Gasteiger partial charge in [0.15, 0.2) is 12.3 Å². The second kappa shape index (κ2) is 6.27. The Morgan fingerprint density at radius 1 is 1.17 bits per heavy atom. The Labute approximate surface area is 130 Å². The summed E-state index contributed by atoms with van der Waals surface area (Å²) in [5.74, 6) is -1.92. The Balaban J connectivity index is 1.60. The molecule has 7 heteroatoms. The predicted octanol–water partition coefficient (Wildman–Crippen LogP) is 2.27. The average Bonchev–Trinajstić information content (AvgIpc) is 2.99. The van der Waals surface area contributed by atoms with Crippen molar-refractivity contribution >= 4 is 23.2 Å². The number of amides is 1. The van der Waals surface area contributed by atoms with Crippen LogP contribution in [0.5, 0.6) is 0 Å². The summed E-state index contributed by atoms with van der Waals surface area (Å²) in [5, 5.41) is 2.33. The number of ether oxygens (including phenoxy) is 1. The molecule has 0 atom stereocenters. The van der Waals surface area contributed by atoms with E-state index >= 15 is 0 Å². The third-order valence-corrected chi connectivity index (χ3v) is 3.06. The molecular weight excluding hydrogens is 301 g/mol. The molecule has 1 N–H and O–H groups in total. The number of aromatic nitrogens is 2. The molecule has 0 aliphatic carbocycles. The molecular formula is C16H12FN3O3. The monoisotopic (exact) mass is 313 g/mol. The molecule has 0 bridgehead atoms. The fraction of sp³-hybridized carbons (Fsp3) is 0.0625. The third kappa shape index (κ3) is 3.34. The minimum absolute atomic E-state index is 0.0290. The number of hydrogen-bond acceptors (Lipinski definition) is 4. The number of rotatable bonds is 4. The number of carbonyl (C=O) groups is 2. The number of fused-ring (bicyclic) bond motifs is 1. The van der Waals surface area contributed by atoms with Crippen LogP contribution in [0.1, 0.15) is 10.5 Å². The largest absolute Gasteiger partial charge is 0.451 e. The van der Waals surface area contributed by atoms with Crippen LogP contribution in [0, 0.1) is 5.82 Å². The number of para-hydroxylation sites is 1. The van der Waals surface area contributed by atoms with Crippen molar-refractivity contribution in [2.75, 3.05) is 11.9 Å². The van der Waals surface area contributed by atoms with Gasteiger partial charge in [-0.05, 0) is 24.3 Å². The Morgan fingerprint density at radius 3 is 2.74 bits per heavy atom. The maximum absolute atomic E-state index is 13.4. The maximum atomic E-state index is 13.4. The lowest BCUT2D eigenvalue weighted by molar-refractivity contribution is -0.119. The number of pyridine rings is 1. The average molecular weight is 313 g/mol. The van der Waals surface area contributed by atoms with E-state index in [1.807, 2.05) is 0 Å². The van der Waals surface area contributed by atoms with Crippen molar-refractivity contribution in [3.8, 4) is 0 Å². The number of benzene rings is 1. The molecule has 0 saturated carbocycles. The Morgan fingerprint density at radius 2 is 1.96 bits per heavy atom. The second-order valence-electron chi connectivity index (χ2n) is 4.70. The molecule has 1 amide bonds. The van der Waals surface area contributed by atoms with Crippen molar-refractivity contribution in [1.29, 1.82) is 0 Å². The lowest BCUT2D eigenvalue weighted by Crippen LogP contribution is -2.21. The van der Waals surface area contributed by atoms with Gasteiger partial charge in [0.1, 0.15) is 11.5 Å². The van der Waals surface area contributed by atoms with E-state index in [-0.39, 0.29) is 11.4 Å². The Kier molecular flexibility index (Phi) is 4.01. The number of nitrogens with one attached hydrogen (secondary N) is 1. The molecule has 0 aliphatic heterocycles. The van der Waals surface area contributed by atoms with Gasteiger partial charge in [0, 0.05) is 12.4 Å². The van der Waals surface area contributed by atoms with E-state index in [0.717, 1.165) is 0 Å². The molecule has 2 aromatic heterocycles. The number of esters is 1. The van der Waals surface area contributed by atoms with E-state index in [1.165, 1.54) is 24.4 Å². The molecule has 0 radical (unpaired) electrons. The first-order valence-corrected chi connectivity index (χ1v) is 6.79. The van der Waals surface area contributed by atoms with Gasteiger partial charge in [-0.15, -0.1) is 0 Å². The second-order valence-corrected chi connectivity index (χ2v) is 4.70. The highest BCUT2D eigenvalue weighted by atomic mass is 19.1. The highest BCUT2D eigenvalue weighted by molar-refractivity contribution is 5.95. The van der Waals surface area contributed by atoms with Gasteiger partial charge in [-0.25, -0.2) is 14.2 Å². The summed E-state index contributed by atoms with van der Waals surface area (Å²) in [6, 6.07) is 11.1. The summed E-state index contributed by atoms with van der Waals surface area (Å²) < 4.78 is 19.9. The quantitative estimate of drug-likeness (QED) is 0.750. The molecule has 23 heavy (non-hydrogen) atoms. The Hall–Kier alpha value is -3.22. The van der Waals surface area contributed by atoms with Crippen LogP contribution in [0.3, 0.4) is 0 Å². The van der Waals surface area contributed by atoms with E-state index in [0.29, 0.717) is 5.65 Å². The normalized spacial score (nSPS) is 10.5. The molecule has 0 saturated heterocycles. The first-order chi connectivity index (χ1) is 11.1. The minimum atomic E-state index is -0.725. The fourth-order valence-electron chi connectivity index (χ4n) is 1.99. The standard InChI is InChI=1S/C16H12FN3O3/c17-11-5-1-2-6-12(11)19-15(21)10-23-16(22)13-9-20-8-4-3-7-14(20)18-13/h1-9H,10H2,(H,19,21). The van der Waals surface area contributed by atoms with Crippen LogP contribution in [0.25, 0.3) is 5.65 Å². The number of halogens is 1. The zero-order valence-electron chi connectivity index (χ0n) is 11.9. The van der Waals surface area contributed by atoms with Crippen LogP contribution in [0.15, 0.2) is 54.9 Å². The molecule has 116 valence electrons. The topological polar surface area (TPSA) is 72.7 Å². The van der Waals surface area contributed by atoms with Crippen LogP contribution in [0.4, 0.5) is 10.1 Å². The minimum Gasteiger partial charge on any atom is -0.451 e. The first-order valence-electron chi connectivity index (χ1n) is 6.79. The van der Waals surface area contributed by atoms with Crippen molar-refractivity contribution in [1.82, 2.24) is 9.38 Å². The number of imidazole rings is 1. The van der Waals surface area contributed by atoms with E-state index in [9.17, 15) is 14.0 Å². The van der Waals surface area contributed by atoms with Crippen molar-refractivity contribution in [3.63, 3.8) is 0 Å². The van der Waals surface area contributed by atoms with E-state index in [1.54, 1.807) is 34.9 Å². The van der Waals surface area contributed by atoms with E-state index < -0.39 is 24.3 Å². The molecule has 0 unspecified atom stereocenters. The van der Waals surface area contributed by atoms with Crippen molar-refractivity contribution in [2.45, 2.75) is 0 Å². The molecule has 3 rings (SSSR count). The zero-order valence-corrected chi connectivity index (χ0v) is 11.9. The van der Waals surface area contributed by atoms with Crippen LogP contribution in [-0.2, 0) is 9.53 Å². The van der Waals surface area contributed by atoms with Crippen LogP contribution < -0.4 is 5.32 Å². The van der Waals surface area contributed by atoms with Crippen molar-refractivity contribution in [3.05, 3.63) is 66.4 Å². The van der Waals surface area contributed by atoms with Gasteiger partial charge < -0.3 is 14.5 Å². The highest BCUT2D eigenvalue weighted by Gasteiger charge is 2.14. The smallest absolute Gasteiger partial charge is 0.359 e. The molecule has 6 nitrogen and oxygen atoms in total. The molecule has 0 spiro atoms. The van der Waals surface area contributed by atoms with Crippen LogP contribution in [0.2, 0.25) is 0 Å². The summed E-state index contributed by atoms with van der Waals surface area (Å²) in [6.45, 7) is -0.527. The number of anilines is 1. The summed E-state index contributed by atoms with van der Waals surface area (Å²) in [7, 11) is 0. The number of nitrogens with zero attached hydrogens (tertiary/aromatic N) is 2. The van der Waals surface area contributed by atoms with Crippen LogP contribution >= 0.6 is 0 Å². The Bertz CT molecular complexity index is 843. The molecule has 2 heterocycles. The van der Waals surface area contributed by atoms with Gasteiger partial charge >= 0.3 is 5.97 Å². The van der Waals surface area contributed by atoms with Crippen LogP contribution in [-0.4, -0.2) is 27.9 Å². The summed E-state index contributed by atoms with van der Waals surface area (Å²) in [4.78, 5) is 27.7. The van der Waals surface area contributed by atoms with Gasteiger partial charge in [0.2, 0.25) is 0 Å². The predicted molar refractivity (Wildman–Crippen MR) is 80.5 cm³/mol. The molecule has 3 aromatic rings. The molecule has 1 aromatic carbocycles. The van der Waals surface area contributed by atoms with Crippen molar-refractivity contribution < 1.29 is 18.7 Å². The third-order valence-electron chi connectivity index (χ3n) is 3.06. The number of carbonyl (C=O) groups excluding carboxylic acids is 2. The molecule has 0 fully saturated rings. The van der Waals surface area contributed by atoms with Gasteiger partial charge in [-0.1, -0.05) is 18.2 Å². The zero-order chi connectivity index (χ0) is 16.2. The summed E-state index contributed by atoms with van der Waals surface area (Å²) in [5.41, 5.74) is 0.714. The van der Waals surface area contributed by atoms with Gasteiger partial charge in [0.05, 0.1) is 5.69 Å². The number of hydrogen-bond donors (Lipinski definition) is 1. The fourth-order valence-corrected chi connectivity index (χ4v) is 1.99. The molecule has 0 aliphatic rings.